The maximum absolute atomic E-state index is 5.60. The second kappa shape index (κ2) is 5.28. The third-order valence-electron chi connectivity index (χ3n) is 6.36. The van der Waals surface area contributed by atoms with E-state index in [4.69, 9.17) is 4.74 Å². The monoisotopic (exact) mass is 312 g/mol. The average molecular weight is 312 g/mol. The van der Waals surface area contributed by atoms with Gasteiger partial charge < -0.3 is 4.74 Å². The number of ether oxygens (including phenoxy) is 1. The molecule has 3 fully saturated rings. The minimum Gasteiger partial charge on any atom is -0.381 e. The van der Waals surface area contributed by atoms with Gasteiger partial charge in [-0.3, -0.25) is 14.3 Å². The molecule has 0 N–H and O–H groups in total. The molecular formula is C18H24N4O. The van der Waals surface area contributed by atoms with Crippen LogP contribution in [-0.4, -0.2) is 45.1 Å². The third kappa shape index (κ3) is 2.13. The van der Waals surface area contributed by atoms with Gasteiger partial charge in [-0.15, -0.1) is 0 Å². The zero-order chi connectivity index (χ0) is 15.3. The zero-order valence-corrected chi connectivity index (χ0v) is 13.5. The van der Waals surface area contributed by atoms with Gasteiger partial charge >= 0.3 is 0 Å². The molecule has 1 aliphatic carbocycles. The lowest BCUT2D eigenvalue weighted by Gasteiger charge is -2.65. The van der Waals surface area contributed by atoms with Crippen LogP contribution in [0.15, 0.2) is 24.8 Å². The molecule has 4 heterocycles. The molecule has 3 aliphatic rings. The maximum Gasteiger partial charge on any atom is 0.155 e. The minimum absolute atomic E-state index is 0.629. The average Bonchev–Trinajstić information content (AvgIpc) is 2.93. The fourth-order valence-corrected chi connectivity index (χ4v) is 5.16. The van der Waals surface area contributed by atoms with Crippen LogP contribution in [0.4, 0.5) is 0 Å². The number of fused-ring (bicyclic) bond motifs is 1. The van der Waals surface area contributed by atoms with Crippen molar-refractivity contribution in [3.8, 4) is 0 Å². The van der Waals surface area contributed by atoms with Crippen LogP contribution in [0, 0.1) is 11.3 Å². The summed E-state index contributed by atoms with van der Waals surface area (Å²) in [6.45, 7) is 4.18. The fourth-order valence-electron chi connectivity index (χ4n) is 5.16. The number of nitrogens with zero attached hydrogens (tertiary/aromatic N) is 4. The molecule has 23 heavy (non-hydrogen) atoms. The standard InChI is InChI=1S/C18H24N4O/c1-4-18(5-1)13-21(17(18)14-2-8-23-9-3-14)12-15-10-20-16-11-19-6-7-22(15)16/h6-7,10-11,14,17H,1-5,8-9,12-13H2. The lowest BCUT2D eigenvalue weighted by atomic mass is 9.54. The van der Waals surface area contributed by atoms with Crippen molar-refractivity contribution in [1.29, 1.82) is 0 Å². The van der Waals surface area contributed by atoms with E-state index in [1.807, 2.05) is 24.8 Å². The summed E-state index contributed by atoms with van der Waals surface area (Å²) in [7, 11) is 0. The molecule has 0 bridgehead atoms. The topological polar surface area (TPSA) is 42.7 Å². The first kappa shape index (κ1) is 13.9. The third-order valence-corrected chi connectivity index (χ3v) is 6.36. The summed E-state index contributed by atoms with van der Waals surface area (Å²) in [5, 5.41) is 0. The van der Waals surface area contributed by atoms with Gasteiger partial charge in [0.1, 0.15) is 0 Å². The van der Waals surface area contributed by atoms with Crippen LogP contribution in [0.3, 0.4) is 0 Å². The summed E-state index contributed by atoms with van der Waals surface area (Å²) in [5.41, 5.74) is 2.86. The largest absolute Gasteiger partial charge is 0.381 e. The van der Waals surface area contributed by atoms with Crippen molar-refractivity contribution < 1.29 is 4.74 Å². The van der Waals surface area contributed by atoms with Gasteiger partial charge in [0, 0.05) is 44.7 Å². The van der Waals surface area contributed by atoms with Crippen molar-refractivity contribution in [1.82, 2.24) is 19.3 Å². The van der Waals surface area contributed by atoms with E-state index in [2.05, 4.69) is 19.3 Å². The molecule has 5 nitrogen and oxygen atoms in total. The number of rotatable bonds is 3. The van der Waals surface area contributed by atoms with Crippen LogP contribution >= 0.6 is 0 Å². The summed E-state index contributed by atoms with van der Waals surface area (Å²) in [6.07, 6.45) is 14.5. The molecule has 0 amide bonds. The molecule has 122 valence electrons. The maximum atomic E-state index is 5.60. The Labute approximate surface area is 136 Å². The zero-order valence-electron chi connectivity index (χ0n) is 13.5. The molecule has 5 heteroatoms. The fraction of sp³-hybridized carbons (Fsp3) is 0.667. The summed E-state index contributed by atoms with van der Waals surface area (Å²) in [6, 6.07) is 0.757. The van der Waals surface area contributed by atoms with E-state index in [0.717, 1.165) is 37.4 Å². The molecule has 1 atom stereocenters. The molecule has 2 aliphatic heterocycles. The first-order valence-corrected chi connectivity index (χ1v) is 8.94. The molecule has 1 spiro atoms. The van der Waals surface area contributed by atoms with Crippen LogP contribution in [0.25, 0.3) is 5.65 Å². The first-order valence-electron chi connectivity index (χ1n) is 8.94. The van der Waals surface area contributed by atoms with Crippen LogP contribution in [0.2, 0.25) is 0 Å². The Balaban J connectivity index is 1.39. The van der Waals surface area contributed by atoms with E-state index in [-0.39, 0.29) is 0 Å². The molecule has 0 radical (unpaired) electrons. The highest BCUT2D eigenvalue weighted by Crippen LogP contribution is 2.56. The Morgan fingerprint density at radius 2 is 2.09 bits per heavy atom. The van der Waals surface area contributed by atoms with Gasteiger partial charge in [0.05, 0.1) is 18.1 Å². The second-order valence-electron chi connectivity index (χ2n) is 7.57. The normalized spacial score (nSPS) is 27.9. The van der Waals surface area contributed by atoms with Gasteiger partial charge in [-0.05, 0) is 37.0 Å². The Morgan fingerprint density at radius 1 is 1.22 bits per heavy atom. The SMILES string of the molecule is c1cn2c(CN3CC4(CCC4)C3C3CCOCC3)cnc2cn1. The molecule has 5 rings (SSSR count). The molecule has 2 saturated heterocycles. The van der Waals surface area contributed by atoms with Gasteiger partial charge in [0.2, 0.25) is 0 Å². The lowest BCUT2D eigenvalue weighted by Crippen LogP contribution is -2.69. The molecule has 1 unspecified atom stereocenters. The van der Waals surface area contributed by atoms with E-state index >= 15 is 0 Å². The van der Waals surface area contributed by atoms with Crippen LogP contribution < -0.4 is 0 Å². The van der Waals surface area contributed by atoms with E-state index in [9.17, 15) is 0 Å². The van der Waals surface area contributed by atoms with Gasteiger partial charge in [-0.1, -0.05) is 6.42 Å². The lowest BCUT2D eigenvalue weighted by molar-refractivity contribution is -0.167. The van der Waals surface area contributed by atoms with E-state index in [1.165, 1.54) is 44.3 Å². The highest BCUT2D eigenvalue weighted by Gasteiger charge is 2.57. The van der Waals surface area contributed by atoms with Crippen molar-refractivity contribution in [3.63, 3.8) is 0 Å². The van der Waals surface area contributed by atoms with Crippen molar-refractivity contribution in [2.75, 3.05) is 19.8 Å². The minimum atomic E-state index is 0.629. The van der Waals surface area contributed by atoms with E-state index < -0.39 is 0 Å². The Morgan fingerprint density at radius 3 is 2.87 bits per heavy atom. The number of likely N-dealkylation sites (tertiary alicyclic amines) is 1. The Hall–Kier alpha value is -1.46. The Kier molecular flexibility index (Phi) is 3.20. The first-order chi connectivity index (χ1) is 11.4. The summed E-state index contributed by atoms with van der Waals surface area (Å²) in [5.74, 6) is 0.818. The number of hydrogen-bond acceptors (Lipinski definition) is 4. The summed E-state index contributed by atoms with van der Waals surface area (Å²) in [4.78, 5) is 11.4. The van der Waals surface area contributed by atoms with Crippen molar-refractivity contribution in [2.24, 2.45) is 11.3 Å². The number of aromatic nitrogens is 3. The molecule has 2 aromatic heterocycles. The molecular weight excluding hydrogens is 288 g/mol. The smallest absolute Gasteiger partial charge is 0.155 e. The van der Waals surface area contributed by atoms with Crippen LogP contribution in [-0.2, 0) is 11.3 Å². The van der Waals surface area contributed by atoms with Gasteiger partial charge in [-0.25, -0.2) is 4.98 Å². The highest BCUT2D eigenvalue weighted by molar-refractivity contribution is 5.37. The molecule has 0 aromatic carbocycles. The Bertz CT molecular complexity index is 702. The van der Waals surface area contributed by atoms with Crippen LogP contribution in [0.1, 0.15) is 37.8 Å². The molecule has 2 aromatic rings. The van der Waals surface area contributed by atoms with Crippen molar-refractivity contribution in [3.05, 3.63) is 30.5 Å². The van der Waals surface area contributed by atoms with Gasteiger partial charge in [0.25, 0.3) is 0 Å². The summed E-state index contributed by atoms with van der Waals surface area (Å²) < 4.78 is 7.78. The summed E-state index contributed by atoms with van der Waals surface area (Å²) >= 11 is 0. The highest BCUT2D eigenvalue weighted by atomic mass is 16.5. The second-order valence-corrected chi connectivity index (χ2v) is 7.57. The quantitative estimate of drug-likeness (QED) is 0.873. The van der Waals surface area contributed by atoms with Crippen molar-refractivity contribution in [2.45, 2.75) is 44.7 Å². The van der Waals surface area contributed by atoms with Gasteiger partial charge in [0.15, 0.2) is 5.65 Å². The van der Waals surface area contributed by atoms with E-state index in [0.29, 0.717) is 5.41 Å². The number of hydrogen-bond donors (Lipinski definition) is 0. The van der Waals surface area contributed by atoms with E-state index in [1.54, 1.807) is 0 Å². The molecule has 1 saturated carbocycles. The number of imidazole rings is 1. The van der Waals surface area contributed by atoms with Crippen molar-refractivity contribution >= 4 is 5.65 Å². The van der Waals surface area contributed by atoms with Gasteiger partial charge in [-0.2, -0.15) is 0 Å². The predicted octanol–water partition coefficient (Wildman–Crippen LogP) is 2.51. The van der Waals surface area contributed by atoms with Crippen LogP contribution in [0.5, 0.6) is 0 Å². The predicted molar refractivity (Wildman–Crippen MR) is 87.0 cm³/mol.